The number of nitrogen functional groups attached to an aromatic ring is 1. The van der Waals surface area contributed by atoms with Crippen molar-refractivity contribution in [2.45, 2.75) is 26.9 Å². The first-order chi connectivity index (χ1) is 7.93. The van der Waals surface area contributed by atoms with Crippen molar-refractivity contribution in [3.63, 3.8) is 0 Å². The summed E-state index contributed by atoms with van der Waals surface area (Å²) in [5.74, 6) is -0.129. The van der Waals surface area contributed by atoms with E-state index >= 15 is 0 Å². The lowest BCUT2D eigenvalue weighted by Gasteiger charge is -2.15. The molecule has 0 spiro atoms. The van der Waals surface area contributed by atoms with Gasteiger partial charge in [0.05, 0.1) is 11.7 Å². The fourth-order valence-corrected chi connectivity index (χ4v) is 1.41. The molecule has 0 aliphatic carbocycles. The highest BCUT2D eigenvalue weighted by Crippen LogP contribution is 2.16. The molecule has 0 fully saturated rings. The third-order valence-corrected chi connectivity index (χ3v) is 2.81. The van der Waals surface area contributed by atoms with Crippen molar-refractivity contribution in [3.05, 3.63) is 29.3 Å². The second-order valence-electron chi connectivity index (χ2n) is 4.56. The van der Waals surface area contributed by atoms with Gasteiger partial charge in [0.15, 0.2) is 0 Å². The predicted molar refractivity (Wildman–Crippen MR) is 68.8 cm³/mol. The molecule has 4 N–H and O–H groups in total. The van der Waals surface area contributed by atoms with Gasteiger partial charge in [0.1, 0.15) is 0 Å². The number of aliphatic hydroxyl groups is 1. The molecule has 0 aromatic heterocycles. The topological polar surface area (TPSA) is 75.3 Å². The van der Waals surface area contributed by atoms with Crippen LogP contribution in [-0.2, 0) is 0 Å². The lowest BCUT2D eigenvalue weighted by molar-refractivity contribution is 0.0872. The number of rotatable bonds is 4. The van der Waals surface area contributed by atoms with Crippen molar-refractivity contribution in [2.24, 2.45) is 5.92 Å². The highest BCUT2D eigenvalue weighted by molar-refractivity contribution is 5.99. The highest BCUT2D eigenvalue weighted by atomic mass is 16.3. The molecule has 4 nitrogen and oxygen atoms in total. The second-order valence-corrected chi connectivity index (χ2v) is 4.56. The molecule has 0 heterocycles. The average molecular weight is 236 g/mol. The van der Waals surface area contributed by atoms with Gasteiger partial charge in [-0.3, -0.25) is 4.79 Å². The molecule has 0 saturated carbocycles. The molecule has 17 heavy (non-hydrogen) atoms. The average Bonchev–Trinajstić information content (AvgIpc) is 2.29. The van der Waals surface area contributed by atoms with E-state index in [-0.39, 0.29) is 18.4 Å². The number of para-hydroxylation sites is 1. The van der Waals surface area contributed by atoms with E-state index in [1.165, 1.54) is 0 Å². The van der Waals surface area contributed by atoms with Gasteiger partial charge in [-0.2, -0.15) is 0 Å². The molecule has 0 bridgehead atoms. The maximum atomic E-state index is 11.8. The van der Waals surface area contributed by atoms with Crippen molar-refractivity contribution in [3.8, 4) is 0 Å². The Morgan fingerprint density at radius 3 is 2.71 bits per heavy atom. The quantitative estimate of drug-likeness (QED) is 0.690. The fourth-order valence-electron chi connectivity index (χ4n) is 1.41. The lowest BCUT2D eigenvalue weighted by atomic mass is 10.1. The first-order valence-electron chi connectivity index (χ1n) is 5.74. The number of hydrogen-bond acceptors (Lipinski definition) is 3. The molecule has 0 aliphatic heterocycles. The molecule has 0 saturated heterocycles. The first kappa shape index (κ1) is 13.5. The number of nitrogens with two attached hydrogens (primary N) is 1. The van der Waals surface area contributed by atoms with E-state index in [0.717, 1.165) is 5.56 Å². The summed E-state index contributed by atoms with van der Waals surface area (Å²) in [4.78, 5) is 11.8. The summed E-state index contributed by atoms with van der Waals surface area (Å²) >= 11 is 0. The maximum absolute atomic E-state index is 11.8. The van der Waals surface area contributed by atoms with Gasteiger partial charge < -0.3 is 16.2 Å². The number of amides is 1. The monoisotopic (exact) mass is 236 g/mol. The molecule has 1 atom stereocenters. The standard InChI is InChI=1S/C13H20N2O2/c1-8(2)11(16)7-15-13(17)10-6-4-5-9(3)12(10)14/h4-6,8,11,16H,7,14H2,1-3H3,(H,15,17). The molecule has 0 aliphatic rings. The largest absolute Gasteiger partial charge is 0.398 e. The maximum Gasteiger partial charge on any atom is 0.253 e. The minimum atomic E-state index is -0.537. The summed E-state index contributed by atoms with van der Waals surface area (Å²) in [6.45, 7) is 5.90. The summed E-state index contributed by atoms with van der Waals surface area (Å²) in [7, 11) is 0. The van der Waals surface area contributed by atoms with Crippen molar-refractivity contribution in [2.75, 3.05) is 12.3 Å². The smallest absolute Gasteiger partial charge is 0.253 e. The minimum Gasteiger partial charge on any atom is -0.398 e. The molecule has 1 unspecified atom stereocenters. The van der Waals surface area contributed by atoms with Gasteiger partial charge in [-0.1, -0.05) is 26.0 Å². The van der Waals surface area contributed by atoms with Crippen molar-refractivity contribution in [1.29, 1.82) is 0 Å². The predicted octanol–water partition coefficient (Wildman–Crippen LogP) is 1.32. The molecule has 4 heteroatoms. The molecule has 1 aromatic rings. The fraction of sp³-hybridized carbons (Fsp3) is 0.462. The Kier molecular flexibility index (Phi) is 4.52. The second kappa shape index (κ2) is 5.68. The van der Waals surface area contributed by atoms with Crippen LogP contribution >= 0.6 is 0 Å². The van der Waals surface area contributed by atoms with Crippen LogP contribution in [-0.4, -0.2) is 23.7 Å². The van der Waals surface area contributed by atoms with Crippen molar-refractivity contribution in [1.82, 2.24) is 5.32 Å². The number of anilines is 1. The van der Waals surface area contributed by atoms with Gasteiger partial charge in [0.25, 0.3) is 5.91 Å². The Labute approximate surface area is 102 Å². The number of nitrogens with one attached hydrogen (secondary N) is 1. The van der Waals surface area contributed by atoms with Gasteiger partial charge in [-0.25, -0.2) is 0 Å². The van der Waals surface area contributed by atoms with Crippen molar-refractivity contribution >= 4 is 11.6 Å². The number of carbonyl (C=O) groups excluding carboxylic acids is 1. The van der Waals surface area contributed by atoms with Crippen LogP contribution in [0.1, 0.15) is 29.8 Å². The van der Waals surface area contributed by atoms with Crippen LogP contribution in [0.5, 0.6) is 0 Å². The van der Waals surface area contributed by atoms with E-state index < -0.39 is 6.10 Å². The minimum absolute atomic E-state index is 0.116. The molecule has 1 aromatic carbocycles. The van der Waals surface area contributed by atoms with Gasteiger partial charge in [0, 0.05) is 12.2 Å². The van der Waals surface area contributed by atoms with Gasteiger partial charge >= 0.3 is 0 Å². The Bertz CT molecular complexity index is 402. The van der Waals surface area contributed by atoms with E-state index in [0.29, 0.717) is 11.3 Å². The molecule has 1 amide bonds. The molecule has 0 radical (unpaired) electrons. The van der Waals surface area contributed by atoms with Crippen LogP contribution in [0.25, 0.3) is 0 Å². The van der Waals surface area contributed by atoms with Crippen molar-refractivity contribution < 1.29 is 9.90 Å². The van der Waals surface area contributed by atoms with E-state index in [4.69, 9.17) is 5.73 Å². The number of hydrogen-bond donors (Lipinski definition) is 3. The zero-order valence-corrected chi connectivity index (χ0v) is 10.5. The van der Waals surface area contributed by atoms with Gasteiger partial charge in [-0.15, -0.1) is 0 Å². The van der Waals surface area contributed by atoms with E-state index in [1.54, 1.807) is 12.1 Å². The van der Waals surface area contributed by atoms with Gasteiger partial charge in [-0.05, 0) is 24.5 Å². The number of carbonyl (C=O) groups is 1. The third-order valence-electron chi connectivity index (χ3n) is 2.81. The van der Waals surface area contributed by atoms with E-state index in [1.807, 2.05) is 26.8 Å². The molecule has 94 valence electrons. The SMILES string of the molecule is Cc1cccc(C(=O)NCC(O)C(C)C)c1N. The normalized spacial score (nSPS) is 12.5. The molecule has 1 rings (SSSR count). The summed E-state index contributed by atoms with van der Waals surface area (Å²) in [6, 6.07) is 5.33. The Hall–Kier alpha value is -1.55. The zero-order chi connectivity index (χ0) is 13.0. The van der Waals surface area contributed by atoms with Crippen LogP contribution in [0.2, 0.25) is 0 Å². The highest BCUT2D eigenvalue weighted by Gasteiger charge is 2.14. The van der Waals surface area contributed by atoms with Crippen LogP contribution in [0.15, 0.2) is 18.2 Å². The Morgan fingerprint density at radius 1 is 1.47 bits per heavy atom. The molecular formula is C13H20N2O2. The van der Waals surface area contributed by atoms with Gasteiger partial charge in [0.2, 0.25) is 0 Å². The lowest BCUT2D eigenvalue weighted by Crippen LogP contribution is -2.35. The van der Waals surface area contributed by atoms with Crippen LogP contribution in [0.3, 0.4) is 0 Å². The number of aryl methyl sites for hydroxylation is 1. The summed E-state index contributed by atoms with van der Waals surface area (Å²) < 4.78 is 0. The molecular weight excluding hydrogens is 216 g/mol. The zero-order valence-electron chi connectivity index (χ0n) is 10.5. The van der Waals surface area contributed by atoms with E-state index in [2.05, 4.69) is 5.32 Å². The number of benzene rings is 1. The van der Waals surface area contributed by atoms with E-state index in [9.17, 15) is 9.90 Å². The Morgan fingerprint density at radius 2 is 2.12 bits per heavy atom. The third kappa shape index (κ3) is 3.46. The Balaban J connectivity index is 2.68. The number of aliphatic hydroxyl groups excluding tert-OH is 1. The summed E-state index contributed by atoms with van der Waals surface area (Å²) in [6.07, 6.45) is -0.537. The summed E-state index contributed by atoms with van der Waals surface area (Å²) in [5, 5.41) is 12.3. The van der Waals surface area contributed by atoms with Crippen LogP contribution in [0, 0.1) is 12.8 Å². The summed E-state index contributed by atoms with van der Waals surface area (Å²) in [5.41, 5.74) is 7.65. The van der Waals surface area contributed by atoms with Crippen LogP contribution in [0.4, 0.5) is 5.69 Å². The van der Waals surface area contributed by atoms with Crippen LogP contribution < -0.4 is 11.1 Å². The first-order valence-corrected chi connectivity index (χ1v) is 5.74.